The fourth-order valence-electron chi connectivity index (χ4n) is 5.14. The molecule has 3 heterocycles. The van der Waals surface area contributed by atoms with Crippen LogP contribution in [0, 0.1) is 13.8 Å². The summed E-state index contributed by atoms with van der Waals surface area (Å²) in [5, 5.41) is 4.02. The van der Waals surface area contributed by atoms with E-state index in [1.54, 1.807) is 18.3 Å². The summed E-state index contributed by atoms with van der Waals surface area (Å²) in [6.45, 7) is 4.20. The lowest BCUT2D eigenvalue weighted by atomic mass is 9.96. The van der Waals surface area contributed by atoms with Gasteiger partial charge in [0, 0.05) is 39.5 Å². The molecule has 39 heavy (non-hydrogen) atoms. The van der Waals surface area contributed by atoms with Crippen molar-refractivity contribution in [3.8, 4) is 11.4 Å². The standard InChI is InChI=1S/C28H28BrN5O3S2/c1-17-15-22(18(2)33(17)20-10-8-19(29)9-11-20)27-26(24-7-5-6-14-30-24)31-28(38)34(27)21-12-13-23(25(16-21)37-3)32-39(4,35)36/h5-16,26-27,32H,1-4H3,(H,31,38)/t26-,27+/m1/s1. The number of pyridine rings is 1. The van der Waals surface area contributed by atoms with E-state index < -0.39 is 10.0 Å². The van der Waals surface area contributed by atoms with Crippen LogP contribution >= 0.6 is 28.1 Å². The minimum Gasteiger partial charge on any atom is -0.494 e. The highest BCUT2D eigenvalue weighted by Crippen LogP contribution is 2.45. The molecule has 0 saturated carbocycles. The Labute approximate surface area is 242 Å². The van der Waals surface area contributed by atoms with Gasteiger partial charge in [-0.3, -0.25) is 9.71 Å². The average molecular weight is 627 g/mol. The third-order valence-electron chi connectivity index (χ3n) is 6.73. The molecule has 1 fully saturated rings. The first-order valence-corrected chi connectivity index (χ1v) is 15.3. The van der Waals surface area contributed by atoms with Crippen LogP contribution < -0.4 is 19.7 Å². The number of anilines is 2. The third kappa shape index (κ3) is 5.39. The lowest BCUT2D eigenvalue weighted by molar-refractivity contribution is 0.417. The molecule has 4 aromatic rings. The summed E-state index contributed by atoms with van der Waals surface area (Å²) >= 11 is 9.42. The molecule has 0 amide bonds. The van der Waals surface area contributed by atoms with Crippen LogP contribution in [-0.4, -0.2) is 36.4 Å². The van der Waals surface area contributed by atoms with E-state index in [-0.39, 0.29) is 12.1 Å². The SMILES string of the molecule is COc1cc(N2C(=S)N[C@H](c3ccccn3)[C@@H]2c2cc(C)n(-c3ccc(Br)cc3)c2C)ccc1NS(C)(=O)=O. The largest absolute Gasteiger partial charge is 0.494 e. The Morgan fingerprint density at radius 1 is 1.05 bits per heavy atom. The number of methoxy groups -OCH3 is 1. The van der Waals surface area contributed by atoms with Gasteiger partial charge in [0.15, 0.2) is 5.11 Å². The van der Waals surface area contributed by atoms with Crippen molar-refractivity contribution in [1.82, 2.24) is 14.9 Å². The second-order valence-corrected chi connectivity index (χ2v) is 12.4. The molecular formula is C28H28BrN5O3S2. The quantitative estimate of drug-likeness (QED) is 0.251. The summed E-state index contributed by atoms with van der Waals surface area (Å²) in [6, 6.07) is 21.1. The summed E-state index contributed by atoms with van der Waals surface area (Å²) in [5.74, 6) is 0.390. The molecule has 0 radical (unpaired) electrons. The van der Waals surface area contributed by atoms with E-state index in [4.69, 9.17) is 17.0 Å². The molecule has 1 aliphatic heterocycles. The number of sulfonamides is 1. The van der Waals surface area contributed by atoms with Crippen LogP contribution in [0.3, 0.4) is 0 Å². The number of nitrogens with one attached hydrogen (secondary N) is 2. The van der Waals surface area contributed by atoms with Crippen molar-refractivity contribution in [2.45, 2.75) is 25.9 Å². The first-order chi connectivity index (χ1) is 18.6. The van der Waals surface area contributed by atoms with E-state index in [1.165, 1.54) is 7.11 Å². The molecule has 0 unspecified atom stereocenters. The van der Waals surface area contributed by atoms with E-state index in [9.17, 15) is 8.42 Å². The molecule has 1 saturated heterocycles. The lowest BCUT2D eigenvalue weighted by Gasteiger charge is -2.29. The Hall–Kier alpha value is -3.41. The lowest BCUT2D eigenvalue weighted by Crippen LogP contribution is -2.29. The molecule has 2 aromatic carbocycles. The molecule has 0 spiro atoms. The molecule has 8 nitrogen and oxygen atoms in total. The third-order valence-corrected chi connectivity index (χ3v) is 8.16. The Morgan fingerprint density at radius 3 is 2.41 bits per heavy atom. The smallest absolute Gasteiger partial charge is 0.229 e. The molecule has 202 valence electrons. The van der Waals surface area contributed by atoms with Gasteiger partial charge in [-0.2, -0.15) is 0 Å². The predicted molar refractivity (Wildman–Crippen MR) is 162 cm³/mol. The second-order valence-electron chi connectivity index (χ2n) is 9.39. The molecular weight excluding hydrogens is 598 g/mol. The number of aromatic nitrogens is 2. The minimum atomic E-state index is -3.48. The topological polar surface area (TPSA) is 88.5 Å². The van der Waals surface area contributed by atoms with Crippen molar-refractivity contribution in [3.05, 3.63) is 100 Å². The fourth-order valence-corrected chi connectivity index (χ4v) is 6.32. The molecule has 2 aromatic heterocycles. The zero-order chi connectivity index (χ0) is 27.9. The zero-order valence-corrected chi connectivity index (χ0v) is 25.1. The molecule has 11 heteroatoms. The van der Waals surface area contributed by atoms with Crippen LogP contribution in [0.25, 0.3) is 5.69 Å². The molecule has 0 aliphatic carbocycles. The van der Waals surface area contributed by atoms with E-state index in [0.717, 1.165) is 44.7 Å². The highest BCUT2D eigenvalue weighted by atomic mass is 79.9. The van der Waals surface area contributed by atoms with Crippen LogP contribution in [0.4, 0.5) is 11.4 Å². The van der Waals surface area contributed by atoms with Gasteiger partial charge in [0.05, 0.1) is 36.8 Å². The van der Waals surface area contributed by atoms with Crippen LogP contribution in [0.2, 0.25) is 0 Å². The summed E-state index contributed by atoms with van der Waals surface area (Å²) in [4.78, 5) is 6.70. The highest BCUT2D eigenvalue weighted by Gasteiger charge is 2.42. The molecule has 2 atom stereocenters. The van der Waals surface area contributed by atoms with Gasteiger partial charge >= 0.3 is 0 Å². The van der Waals surface area contributed by atoms with Gasteiger partial charge in [-0.05, 0) is 86.2 Å². The van der Waals surface area contributed by atoms with Gasteiger partial charge in [0.25, 0.3) is 0 Å². The maximum absolute atomic E-state index is 11.9. The fraction of sp³-hybridized carbons (Fsp3) is 0.214. The van der Waals surface area contributed by atoms with Crippen LogP contribution in [0.15, 0.2) is 77.4 Å². The maximum atomic E-state index is 11.9. The Balaban J connectivity index is 1.66. The van der Waals surface area contributed by atoms with E-state index >= 15 is 0 Å². The van der Waals surface area contributed by atoms with Crippen molar-refractivity contribution in [1.29, 1.82) is 0 Å². The number of nitrogens with zero attached hydrogens (tertiary/aromatic N) is 3. The first kappa shape index (κ1) is 27.2. The summed E-state index contributed by atoms with van der Waals surface area (Å²) in [6.07, 6.45) is 2.88. The summed E-state index contributed by atoms with van der Waals surface area (Å²) in [7, 11) is -1.98. The minimum absolute atomic E-state index is 0.225. The predicted octanol–water partition coefficient (Wildman–Crippen LogP) is 5.81. The van der Waals surface area contributed by atoms with Gasteiger partial charge in [0.1, 0.15) is 5.75 Å². The number of thiocarbonyl (C=S) groups is 1. The molecule has 5 rings (SSSR count). The van der Waals surface area contributed by atoms with E-state index in [2.05, 4.69) is 72.5 Å². The monoisotopic (exact) mass is 625 g/mol. The van der Waals surface area contributed by atoms with Crippen molar-refractivity contribution >= 4 is 54.7 Å². The van der Waals surface area contributed by atoms with Gasteiger partial charge in [-0.1, -0.05) is 22.0 Å². The summed E-state index contributed by atoms with van der Waals surface area (Å²) < 4.78 is 35.1. The first-order valence-electron chi connectivity index (χ1n) is 12.2. The van der Waals surface area contributed by atoms with Crippen LogP contribution in [0.5, 0.6) is 5.75 Å². The zero-order valence-electron chi connectivity index (χ0n) is 21.8. The van der Waals surface area contributed by atoms with Crippen molar-refractivity contribution in [3.63, 3.8) is 0 Å². The maximum Gasteiger partial charge on any atom is 0.229 e. The van der Waals surface area contributed by atoms with E-state index in [0.29, 0.717) is 16.5 Å². The normalized spacial score (nSPS) is 17.3. The average Bonchev–Trinajstić information content (AvgIpc) is 3.39. The Morgan fingerprint density at radius 2 is 1.77 bits per heavy atom. The van der Waals surface area contributed by atoms with E-state index in [1.807, 2.05) is 36.4 Å². The van der Waals surface area contributed by atoms with Crippen LogP contribution in [-0.2, 0) is 10.0 Å². The van der Waals surface area contributed by atoms with Crippen LogP contribution in [0.1, 0.15) is 34.7 Å². The Kier molecular flexibility index (Phi) is 7.41. The van der Waals surface area contributed by atoms with Crippen molar-refractivity contribution in [2.24, 2.45) is 0 Å². The molecule has 2 N–H and O–H groups in total. The van der Waals surface area contributed by atoms with Gasteiger partial charge < -0.3 is 19.5 Å². The number of hydrogen-bond donors (Lipinski definition) is 2. The Bertz CT molecular complexity index is 1640. The number of hydrogen-bond acceptors (Lipinski definition) is 5. The van der Waals surface area contributed by atoms with Gasteiger partial charge in [0.2, 0.25) is 10.0 Å². The molecule has 1 aliphatic rings. The van der Waals surface area contributed by atoms with Gasteiger partial charge in [-0.15, -0.1) is 0 Å². The number of ether oxygens (including phenoxy) is 1. The second kappa shape index (κ2) is 10.6. The number of rotatable bonds is 7. The number of benzene rings is 2. The van der Waals surface area contributed by atoms with Crippen molar-refractivity contribution in [2.75, 3.05) is 23.0 Å². The molecule has 0 bridgehead atoms. The highest BCUT2D eigenvalue weighted by molar-refractivity contribution is 9.10. The summed E-state index contributed by atoms with van der Waals surface area (Å²) in [5.41, 5.74) is 6.31. The van der Waals surface area contributed by atoms with Gasteiger partial charge in [-0.25, -0.2) is 8.42 Å². The number of aryl methyl sites for hydroxylation is 1. The van der Waals surface area contributed by atoms with Crippen molar-refractivity contribution < 1.29 is 13.2 Å². The number of halogens is 1.